The van der Waals surface area contributed by atoms with Crippen LogP contribution in [0.3, 0.4) is 0 Å². The Bertz CT molecular complexity index is 924. The number of alkyl halides is 3. The van der Waals surface area contributed by atoms with Crippen molar-refractivity contribution in [1.29, 1.82) is 0 Å². The average molecular weight is 402 g/mol. The lowest BCUT2D eigenvalue weighted by atomic mass is 10.2. The summed E-state index contributed by atoms with van der Waals surface area (Å²) in [6.07, 6.45) is -2.40. The van der Waals surface area contributed by atoms with Gasteiger partial charge in [0.1, 0.15) is 5.75 Å². The van der Waals surface area contributed by atoms with E-state index in [4.69, 9.17) is 5.21 Å². The predicted octanol–water partition coefficient (Wildman–Crippen LogP) is 2.90. The van der Waals surface area contributed by atoms with Crippen LogP contribution < -0.4 is 14.9 Å². The lowest BCUT2D eigenvalue weighted by Crippen LogP contribution is -2.17. The summed E-state index contributed by atoms with van der Waals surface area (Å²) in [4.78, 5) is 10.6. The van der Waals surface area contributed by atoms with Gasteiger partial charge in [-0.05, 0) is 48.0 Å². The van der Waals surface area contributed by atoms with Crippen LogP contribution in [0.2, 0.25) is 0 Å². The maximum absolute atomic E-state index is 12.3. The van der Waals surface area contributed by atoms with Crippen LogP contribution >= 0.6 is 0 Å². The van der Waals surface area contributed by atoms with Gasteiger partial charge in [-0.25, -0.2) is 13.9 Å². The summed E-state index contributed by atoms with van der Waals surface area (Å²) >= 11 is 0. The van der Waals surface area contributed by atoms with Crippen LogP contribution in [0.25, 0.3) is 6.08 Å². The molecule has 0 aromatic heterocycles. The molecular formula is C16H13F3N2O5S. The number of hydrogen-bond donors (Lipinski definition) is 3. The normalized spacial score (nSPS) is 12.0. The van der Waals surface area contributed by atoms with Crippen molar-refractivity contribution in [1.82, 2.24) is 5.48 Å². The predicted molar refractivity (Wildman–Crippen MR) is 89.3 cm³/mol. The van der Waals surface area contributed by atoms with E-state index in [0.29, 0.717) is 5.56 Å². The van der Waals surface area contributed by atoms with E-state index in [1.54, 1.807) is 0 Å². The van der Waals surface area contributed by atoms with E-state index >= 15 is 0 Å². The van der Waals surface area contributed by atoms with Gasteiger partial charge in [0.2, 0.25) is 0 Å². The van der Waals surface area contributed by atoms with Gasteiger partial charge in [0.25, 0.3) is 15.9 Å². The Kier molecular flexibility index (Phi) is 6.08. The van der Waals surface area contributed by atoms with Crippen molar-refractivity contribution in [3.8, 4) is 5.75 Å². The summed E-state index contributed by atoms with van der Waals surface area (Å²) in [6.45, 7) is 0. The Morgan fingerprint density at radius 3 is 2.15 bits per heavy atom. The Labute approximate surface area is 152 Å². The van der Waals surface area contributed by atoms with Gasteiger partial charge in [0.15, 0.2) is 0 Å². The van der Waals surface area contributed by atoms with Gasteiger partial charge in [-0.3, -0.25) is 14.7 Å². The zero-order valence-corrected chi connectivity index (χ0v) is 14.2. The number of anilines is 1. The zero-order chi connectivity index (χ0) is 20.1. The smallest absolute Gasteiger partial charge is 0.406 e. The lowest BCUT2D eigenvalue weighted by Gasteiger charge is -2.11. The van der Waals surface area contributed by atoms with E-state index < -0.39 is 28.0 Å². The van der Waals surface area contributed by atoms with Crippen LogP contribution in [0, 0.1) is 0 Å². The zero-order valence-electron chi connectivity index (χ0n) is 13.4. The van der Waals surface area contributed by atoms with Crippen molar-refractivity contribution >= 4 is 27.7 Å². The number of hydrogen-bond acceptors (Lipinski definition) is 5. The van der Waals surface area contributed by atoms with Crippen LogP contribution in [0.15, 0.2) is 59.5 Å². The van der Waals surface area contributed by atoms with Crippen molar-refractivity contribution in [2.75, 3.05) is 4.72 Å². The lowest BCUT2D eigenvalue weighted by molar-refractivity contribution is -0.274. The Morgan fingerprint density at radius 1 is 1.04 bits per heavy atom. The number of carbonyl (C=O) groups excluding carboxylic acids is 1. The van der Waals surface area contributed by atoms with Crippen molar-refractivity contribution in [2.45, 2.75) is 11.3 Å². The number of ether oxygens (including phenoxy) is 1. The molecule has 0 aliphatic heterocycles. The number of nitrogens with one attached hydrogen (secondary N) is 2. The third-order valence-electron chi connectivity index (χ3n) is 3.07. The van der Waals surface area contributed by atoms with Gasteiger partial charge in [0.05, 0.1) is 4.90 Å². The molecule has 7 nitrogen and oxygen atoms in total. The van der Waals surface area contributed by atoms with E-state index in [0.717, 1.165) is 30.3 Å². The molecule has 0 atom stereocenters. The molecule has 2 aromatic carbocycles. The van der Waals surface area contributed by atoms with Gasteiger partial charge in [0, 0.05) is 11.8 Å². The number of carbonyl (C=O) groups is 1. The molecule has 0 aliphatic carbocycles. The van der Waals surface area contributed by atoms with E-state index in [2.05, 4.69) is 9.46 Å². The van der Waals surface area contributed by atoms with E-state index in [1.165, 1.54) is 35.8 Å². The number of halogens is 3. The Hall–Kier alpha value is -3.05. The summed E-state index contributed by atoms with van der Waals surface area (Å²) in [5.41, 5.74) is 2.19. The monoisotopic (exact) mass is 402 g/mol. The molecule has 11 heteroatoms. The summed E-state index contributed by atoms with van der Waals surface area (Å²) in [5.74, 6) is -1.26. The van der Waals surface area contributed by atoms with Crippen molar-refractivity contribution in [2.24, 2.45) is 0 Å². The van der Waals surface area contributed by atoms with Crippen LogP contribution in [-0.4, -0.2) is 25.9 Å². The molecule has 1 amide bonds. The topological polar surface area (TPSA) is 105 Å². The van der Waals surface area contributed by atoms with E-state index in [9.17, 15) is 26.4 Å². The summed E-state index contributed by atoms with van der Waals surface area (Å²) in [7, 11) is -4.02. The number of amides is 1. The fourth-order valence-corrected chi connectivity index (χ4v) is 2.96. The Balaban J connectivity index is 2.09. The fraction of sp³-hybridized carbons (Fsp3) is 0.0625. The van der Waals surface area contributed by atoms with Gasteiger partial charge in [-0.15, -0.1) is 13.2 Å². The molecule has 0 radical (unpaired) electrons. The molecule has 144 valence electrons. The number of rotatable bonds is 6. The highest BCUT2D eigenvalue weighted by Gasteiger charge is 2.31. The van der Waals surface area contributed by atoms with E-state index in [-0.39, 0.29) is 10.6 Å². The average Bonchev–Trinajstić information content (AvgIpc) is 2.59. The van der Waals surface area contributed by atoms with Crippen LogP contribution in [0.4, 0.5) is 18.9 Å². The molecule has 0 unspecified atom stereocenters. The molecule has 0 fully saturated rings. The van der Waals surface area contributed by atoms with Gasteiger partial charge in [-0.2, -0.15) is 0 Å². The first-order valence-corrected chi connectivity index (χ1v) is 8.68. The molecule has 27 heavy (non-hydrogen) atoms. The first-order valence-electron chi connectivity index (χ1n) is 7.20. The highest BCUT2D eigenvalue weighted by molar-refractivity contribution is 7.92. The number of hydroxylamine groups is 1. The molecule has 0 saturated heterocycles. The second kappa shape index (κ2) is 8.10. The molecule has 0 spiro atoms. The number of sulfonamides is 1. The molecular weight excluding hydrogens is 389 g/mol. The molecule has 0 bridgehead atoms. The first kappa shape index (κ1) is 20.3. The van der Waals surface area contributed by atoms with Crippen LogP contribution in [0.1, 0.15) is 5.56 Å². The highest BCUT2D eigenvalue weighted by atomic mass is 32.2. The summed E-state index contributed by atoms with van der Waals surface area (Å²) < 4.78 is 66.9. The first-order chi connectivity index (χ1) is 12.6. The second-order valence-electron chi connectivity index (χ2n) is 5.06. The largest absolute Gasteiger partial charge is 0.573 e. The van der Waals surface area contributed by atoms with Crippen molar-refractivity contribution < 1.29 is 36.3 Å². The molecule has 0 heterocycles. The third kappa shape index (κ3) is 6.31. The van der Waals surface area contributed by atoms with Crippen LogP contribution in [0.5, 0.6) is 5.75 Å². The molecule has 0 aliphatic rings. The quantitative estimate of drug-likeness (QED) is 0.392. The third-order valence-corrected chi connectivity index (χ3v) is 4.47. The maximum atomic E-state index is 12.3. The molecule has 3 N–H and O–H groups in total. The van der Waals surface area contributed by atoms with Crippen molar-refractivity contribution in [3.05, 3.63) is 60.2 Å². The van der Waals surface area contributed by atoms with Crippen molar-refractivity contribution in [3.63, 3.8) is 0 Å². The van der Waals surface area contributed by atoms with Gasteiger partial charge < -0.3 is 4.74 Å². The summed E-state index contributed by atoms with van der Waals surface area (Å²) in [5, 5.41) is 8.37. The van der Waals surface area contributed by atoms with Gasteiger partial charge in [-0.1, -0.05) is 12.1 Å². The molecule has 0 saturated carbocycles. The number of benzene rings is 2. The maximum Gasteiger partial charge on any atom is 0.573 e. The highest BCUT2D eigenvalue weighted by Crippen LogP contribution is 2.24. The molecule has 2 aromatic rings. The fourth-order valence-electron chi connectivity index (χ4n) is 1.91. The minimum atomic E-state index is -4.87. The SMILES string of the molecule is O=C(/C=C/c1ccc(NS(=O)(=O)c2ccc(OC(F)(F)F)cc2)cc1)NO. The molecule has 2 rings (SSSR count). The van der Waals surface area contributed by atoms with E-state index in [1.807, 2.05) is 0 Å². The summed E-state index contributed by atoms with van der Waals surface area (Å²) in [6, 6.07) is 9.62. The minimum Gasteiger partial charge on any atom is -0.406 e. The Morgan fingerprint density at radius 2 is 1.63 bits per heavy atom. The van der Waals surface area contributed by atoms with Gasteiger partial charge >= 0.3 is 6.36 Å². The second-order valence-corrected chi connectivity index (χ2v) is 6.74. The standard InChI is InChI=1S/C16H13F3N2O5S/c17-16(18,19)26-13-6-8-14(9-7-13)27(24,25)21-12-4-1-11(2-5-12)3-10-15(22)20-23/h1-10,21,23H,(H,20,22)/b10-3+. The van der Waals surface area contributed by atoms with Crippen LogP contribution in [-0.2, 0) is 14.8 Å². The minimum absolute atomic E-state index is 0.203.